The van der Waals surface area contributed by atoms with Gasteiger partial charge in [-0.3, -0.25) is 9.69 Å². The molecular formula is C26H33N3O7S. The molecule has 2 fully saturated rings. The summed E-state index contributed by atoms with van der Waals surface area (Å²) in [5, 5.41) is 0. The van der Waals surface area contributed by atoms with Crippen LogP contribution in [0.1, 0.15) is 18.4 Å². The number of carbonyl (C=O) groups excluding carboxylic acids is 1. The third-order valence-electron chi connectivity index (χ3n) is 7.32. The first-order chi connectivity index (χ1) is 17.9. The van der Waals surface area contributed by atoms with E-state index >= 15 is 0 Å². The van der Waals surface area contributed by atoms with E-state index in [2.05, 4.69) is 11.0 Å². The highest BCUT2D eigenvalue weighted by atomic mass is 32.2. The summed E-state index contributed by atoms with van der Waals surface area (Å²) in [7, 11) is -0.703. The Morgan fingerprint density at radius 2 is 1.59 bits per heavy atom. The van der Waals surface area contributed by atoms with Gasteiger partial charge in [0.05, 0.1) is 19.1 Å². The topological polar surface area (TPSA) is 97.9 Å². The molecule has 0 saturated carbocycles. The van der Waals surface area contributed by atoms with E-state index in [-0.39, 0.29) is 23.5 Å². The SMILES string of the molecule is COc1ccc(S(=O)(=O)N2CCC(C(=O)N3CCN(Cc4ccc5c(c4)OCO5)CC3)CC2)cc1OC. The van der Waals surface area contributed by atoms with Crippen molar-refractivity contribution in [1.82, 2.24) is 14.1 Å². The van der Waals surface area contributed by atoms with Crippen LogP contribution in [-0.4, -0.2) is 88.7 Å². The second kappa shape index (κ2) is 10.8. The first kappa shape index (κ1) is 25.6. The van der Waals surface area contributed by atoms with Crippen molar-refractivity contribution < 1.29 is 32.2 Å². The van der Waals surface area contributed by atoms with Crippen LogP contribution in [0.4, 0.5) is 0 Å². The summed E-state index contributed by atoms with van der Waals surface area (Å²) in [5.74, 6) is 2.38. The molecule has 0 aromatic heterocycles. The largest absolute Gasteiger partial charge is 0.493 e. The lowest BCUT2D eigenvalue weighted by Gasteiger charge is -2.38. The van der Waals surface area contributed by atoms with Gasteiger partial charge in [0, 0.05) is 57.8 Å². The van der Waals surface area contributed by atoms with Crippen LogP contribution in [-0.2, 0) is 21.4 Å². The normalized spacial score (nSPS) is 19.1. The third-order valence-corrected chi connectivity index (χ3v) is 9.22. The molecule has 2 saturated heterocycles. The zero-order chi connectivity index (χ0) is 26.0. The first-order valence-electron chi connectivity index (χ1n) is 12.5. The molecule has 10 nitrogen and oxygen atoms in total. The smallest absolute Gasteiger partial charge is 0.243 e. The fourth-order valence-corrected chi connectivity index (χ4v) is 6.64. The number of methoxy groups -OCH3 is 2. The molecule has 1 amide bonds. The quantitative estimate of drug-likeness (QED) is 0.536. The zero-order valence-electron chi connectivity index (χ0n) is 21.2. The van der Waals surface area contributed by atoms with E-state index in [4.69, 9.17) is 18.9 Å². The van der Waals surface area contributed by atoms with Crippen LogP contribution in [0.15, 0.2) is 41.3 Å². The summed E-state index contributed by atoms with van der Waals surface area (Å²) in [5.41, 5.74) is 1.16. The number of hydrogen-bond acceptors (Lipinski definition) is 8. The van der Waals surface area contributed by atoms with Crippen molar-refractivity contribution in [3.05, 3.63) is 42.0 Å². The molecule has 0 spiro atoms. The van der Waals surface area contributed by atoms with Gasteiger partial charge in [0.25, 0.3) is 0 Å². The minimum Gasteiger partial charge on any atom is -0.493 e. The number of hydrogen-bond donors (Lipinski definition) is 0. The number of rotatable bonds is 7. The third kappa shape index (κ3) is 5.34. The molecule has 0 bridgehead atoms. The predicted octanol–water partition coefficient (Wildman–Crippen LogP) is 2.18. The summed E-state index contributed by atoms with van der Waals surface area (Å²) in [4.78, 5) is 17.6. The molecule has 3 aliphatic rings. The standard InChI is InChI=1S/C26H33N3O7S/c1-33-22-6-4-21(16-24(22)34-2)37(31,32)29-9-7-20(8-10-29)26(30)28-13-11-27(12-14-28)17-19-3-5-23-25(15-19)36-18-35-23/h3-6,15-16,20H,7-14,17-18H2,1-2H3. The van der Waals surface area contributed by atoms with E-state index in [0.29, 0.717) is 50.5 Å². The maximum atomic E-state index is 13.2. The minimum atomic E-state index is -3.69. The van der Waals surface area contributed by atoms with E-state index in [1.807, 2.05) is 17.0 Å². The predicted molar refractivity (Wildman–Crippen MR) is 135 cm³/mol. The van der Waals surface area contributed by atoms with E-state index in [9.17, 15) is 13.2 Å². The van der Waals surface area contributed by atoms with Gasteiger partial charge in [0.1, 0.15) is 0 Å². The highest BCUT2D eigenvalue weighted by Gasteiger charge is 2.35. The zero-order valence-corrected chi connectivity index (χ0v) is 22.0. The Morgan fingerprint density at radius 3 is 2.30 bits per heavy atom. The summed E-state index contributed by atoms with van der Waals surface area (Å²) < 4.78 is 49.2. The number of piperazine rings is 1. The average molecular weight is 532 g/mol. The Morgan fingerprint density at radius 1 is 0.892 bits per heavy atom. The van der Waals surface area contributed by atoms with Gasteiger partial charge < -0.3 is 23.8 Å². The molecule has 2 aromatic rings. The van der Waals surface area contributed by atoms with Crippen molar-refractivity contribution in [2.75, 3.05) is 60.3 Å². The van der Waals surface area contributed by atoms with Crippen LogP contribution in [0.2, 0.25) is 0 Å². The van der Waals surface area contributed by atoms with Crippen molar-refractivity contribution >= 4 is 15.9 Å². The van der Waals surface area contributed by atoms with E-state index in [1.165, 1.54) is 30.7 Å². The van der Waals surface area contributed by atoms with Gasteiger partial charge in [-0.25, -0.2) is 8.42 Å². The second-order valence-corrected chi connectivity index (χ2v) is 11.4. The maximum Gasteiger partial charge on any atom is 0.243 e. The molecule has 0 N–H and O–H groups in total. The monoisotopic (exact) mass is 531 g/mol. The lowest BCUT2D eigenvalue weighted by Crippen LogP contribution is -2.51. The molecule has 0 radical (unpaired) electrons. The van der Waals surface area contributed by atoms with Crippen LogP contribution in [0.5, 0.6) is 23.0 Å². The van der Waals surface area contributed by atoms with Gasteiger partial charge in [0.2, 0.25) is 22.7 Å². The number of amides is 1. The number of nitrogens with zero attached hydrogens (tertiary/aromatic N) is 3. The van der Waals surface area contributed by atoms with Gasteiger partial charge >= 0.3 is 0 Å². The van der Waals surface area contributed by atoms with Gasteiger partial charge in [-0.15, -0.1) is 0 Å². The van der Waals surface area contributed by atoms with Gasteiger partial charge in [-0.2, -0.15) is 4.31 Å². The molecule has 0 unspecified atom stereocenters. The van der Waals surface area contributed by atoms with Gasteiger partial charge in [-0.05, 0) is 42.7 Å². The Balaban J connectivity index is 1.12. The minimum absolute atomic E-state index is 0.130. The highest BCUT2D eigenvalue weighted by Crippen LogP contribution is 2.34. The lowest BCUT2D eigenvalue weighted by atomic mass is 9.96. The van der Waals surface area contributed by atoms with E-state index in [1.54, 1.807) is 6.07 Å². The molecule has 3 heterocycles. The number of benzene rings is 2. The Labute approximate surface area is 217 Å². The summed E-state index contributed by atoms with van der Waals surface area (Å²) in [6, 6.07) is 10.6. The molecule has 3 aliphatic heterocycles. The Hall–Kier alpha value is -3.02. The number of ether oxygens (including phenoxy) is 4. The number of sulfonamides is 1. The average Bonchev–Trinajstić information content (AvgIpc) is 3.41. The molecule has 200 valence electrons. The van der Waals surface area contributed by atoms with Crippen LogP contribution in [0.3, 0.4) is 0 Å². The Kier molecular flexibility index (Phi) is 7.45. The van der Waals surface area contributed by atoms with Gasteiger partial charge in [0.15, 0.2) is 23.0 Å². The molecule has 11 heteroatoms. The Bertz CT molecular complexity index is 1240. The first-order valence-corrected chi connectivity index (χ1v) is 13.9. The fraction of sp³-hybridized carbons (Fsp3) is 0.500. The van der Waals surface area contributed by atoms with Crippen LogP contribution >= 0.6 is 0 Å². The molecule has 5 rings (SSSR count). The second-order valence-electron chi connectivity index (χ2n) is 9.48. The summed E-state index contributed by atoms with van der Waals surface area (Å²) >= 11 is 0. The van der Waals surface area contributed by atoms with Gasteiger partial charge in [-0.1, -0.05) is 6.07 Å². The van der Waals surface area contributed by atoms with Crippen LogP contribution in [0, 0.1) is 5.92 Å². The van der Waals surface area contributed by atoms with E-state index < -0.39 is 10.0 Å². The van der Waals surface area contributed by atoms with Crippen molar-refractivity contribution in [1.29, 1.82) is 0 Å². The van der Waals surface area contributed by atoms with Crippen molar-refractivity contribution in [3.63, 3.8) is 0 Å². The molecular weight excluding hydrogens is 498 g/mol. The van der Waals surface area contributed by atoms with Crippen LogP contribution in [0.25, 0.3) is 0 Å². The number of piperidine rings is 1. The highest BCUT2D eigenvalue weighted by molar-refractivity contribution is 7.89. The molecule has 0 atom stereocenters. The maximum absolute atomic E-state index is 13.2. The molecule has 37 heavy (non-hydrogen) atoms. The molecule has 2 aromatic carbocycles. The molecule has 0 aliphatic carbocycles. The lowest BCUT2D eigenvalue weighted by molar-refractivity contribution is -0.138. The number of carbonyl (C=O) groups is 1. The van der Waals surface area contributed by atoms with E-state index in [0.717, 1.165) is 36.7 Å². The van der Waals surface area contributed by atoms with Crippen molar-refractivity contribution in [2.24, 2.45) is 5.92 Å². The fourth-order valence-electron chi connectivity index (χ4n) is 5.15. The summed E-state index contributed by atoms with van der Waals surface area (Å²) in [6.07, 6.45) is 1.03. The summed E-state index contributed by atoms with van der Waals surface area (Å²) in [6.45, 7) is 4.64. The van der Waals surface area contributed by atoms with Crippen molar-refractivity contribution in [2.45, 2.75) is 24.3 Å². The number of fused-ring (bicyclic) bond motifs is 1. The van der Waals surface area contributed by atoms with Crippen LogP contribution < -0.4 is 18.9 Å². The van der Waals surface area contributed by atoms with Crippen molar-refractivity contribution in [3.8, 4) is 23.0 Å².